The van der Waals surface area contributed by atoms with Gasteiger partial charge in [0.25, 0.3) is 6.92 Å². The Hall–Kier alpha value is -0.798. The first-order valence-electron chi connectivity index (χ1n) is 12.3. The van der Waals surface area contributed by atoms with E-state index in [4.69, 9.17) is 4.65 Å². The lowest BCUT2D eigenvalue weighted by Crippen LogP contribution is -2.58. The van der Waals surface area contributed by atoms with Crippen molar-refractivity contribution in [2.75, 3.05) is 0 Å². The topological polar surface area (TPSA) is 9.23 Å². The van der Waals surface area contributed by atoms with Gasteiger partial charge in [-0.25, -0.2) is 0 Å². The number of rotatable bonds is 10. The summed E-state index contributed by atoms with van der Waals surface area (Å²) in [6, 6.07) is 11.2. The van der Waals surface area contributed by atoms with E-state index in [0.717, 1.165) is 18.1 Å². The van der Waals surface area contributed by atoms with Gasteiger partial charge in [-0.15, -0.1) is 6.58 Å². The molecule has 1 nitrogen and oxygen atoms in total. The van der Waals surface area contributed by atoms with Gasteiger partial charge < -0.3 is 4.65 Å². The fraction of sp³-hybridized carbons (Fsp3) is 0.692. The Morgan fingerprint density at radius 2 is 1.66 bits per heavy atom. The van der Waals surface area contributed by atoms with Crippen LogP contribution in [0.1, 0.15) is 76.7 Å². The molecule has 0 spiro atoms. The number of fused-ring (bicyclic) bond motifs is 2. The Labute approximate surface area is 181 Å². The van der Waals surface area contributed by atoms with Crippen LogP contribution in [0, 0.1) is 0 Å². The highest BCUT2D eigenvalue weighted by atomic mass is 28.3. The normalized spacial score (nSPS) is 25.3. The quantitative estimate of drug-likeness (QED) is 0.215. The van der Waals surface area contributed by atoms with Gasteiger partial charge in [0.2, 0.25) is 0 Å². The molecular formula is C26H43BOSi. The van der Waals surface area contributed by atoms with Crippen LogP contribution in [0.5, 0.6) is 0 Å². The molecule has 0 amide bonds. The molecule has 0 saturated carbocycles. The number of unbranched alkanes of at least 4 members (excludes halogenated alkanes) is 2. The van der Waals surface area contributed by atoms with E-state index in [2.05, 4.69) is 69.6 Å². The minimum atomic E-state index is -1.66. The van der Waals surface area contributed by atoms with E-state index in [9.17, 15) is 0 Å². The maximum atomic E-state index is 7.31. The van der Waals surface area contributed by atoms with Crippen molar-refractivity contribution in [3.8, 4) is 0 Å². The molecular weight excluding hydrogens is 367 g/mol. The van der Waals surface area contributed by atoms with Crippen LogP contribution in [0.15, 0.2) is 43.0 Å². The molecule has 29 heavy (non-hydrogen) atoms. The third kappa shape index (κ3) is 4.77. The minimum Gasteiger partial charge on any atom is -0.432 e. The van der Waals surface area contributed by atoms with Gasteiger partial charge in [-0.3, -0.25) is 0 Å². The van der Waals surface area contributed by atoms with Gasteiger partial charge in [0.15, 0.2) is 0 Å². The highest BCUT2D eigenvalue weighted by Crippen LogP contribution is 2.50. The van der Waals surface area contributed by atoms with Crippen molar-refractivity contribution in [2.24, 2.45) is 0 Å². The zero-order valence-electron chi connectivity index (χ0n) is 19.5. The lowest BCUT2D eigenvalue weighted by molar-refractivity contribution is 0.132. The first kappa shape index (κ1) is 22.9. The van der Waals surface area contributed by atoms with Crippen molar-refractivity contribution in [3.05, 3.63) is 48.6 Å². The van der Waals surface area contributed by atoms with E-state index < -0.39 is 8.07 Å². The first-order valence-corrected chi connectivity index (χ1v) is 15.8. The Morgan fingerprint density at radius 1 is 1.07 bits per heavy atom. The van der Waals surface area contributed by atoms with Gasteiger partial charge in [-0.1, -0.05) is 121 Å². The van der Waals surface area contributed by atoms with Crippen molar-refractivity contribution < 1.29 is 4.65 Å². The molecule has 0 N–H and O–H groups in total. The predicted octanol–water partition coefficient (Wildman–Crippen LogP) is 8.05. The van der Waals surface area contributed by atoms with Crippen LogP contribution in [0.4, 0.5) is 0 Å². The van der Waals surface area contributed by atoms with Crippen molar-refractivity contribution in [1.82, 2.24) is 0 Å². The molecule has 2 heterocycles. The van der Waals surface area contributed by atoms with Crippen LogP contribution < -0.4 is 0 Å². The first-order chi connectivity index (χ1) is 13.9. The summed E-state index contributed by atoms with van der Waals surface area (Å²) in [5.74, 6) is 1.58. The van der Waals surface area contributed by atoms with E-state index in [1.807, 2.05) is 0 Å². The molecule has 160 valence electrons. The maximum Gasteiger partial charge on any atom is 0.299 e. The van der Waals surface area contributed by atoms with Crippen LogP contribution in [-0.4, -0.2) is 21.1 Å². The molecule has 2 bridgehead atoms. The van der Waals surface area contributed by atoms with Crippen LogP contribution in [0.3, 0.4) is 0 Å². The summed E-state index contributed by atoms with van der Waals surface area (Å²) in [6.07, 6.45) is 15.9. The fourth-order valence-electron chi connectivity index (χ4n) is 6.38. The summed E-state index contributed by atoms with van der Waals surface area (Å²) >= 11 is 0. The van der Waals surface area contributed by atoms with Gasteiger partial charge in [0, 0.05) is 5.04 Å². The molecule has 0 radical (unpaired) electrons. The molecule has 3 rings (SSSR count). The third-order valence-electron chi connectivity index (χ3n) is 7.94. The average molecular weight is 411 g/mol. The van der Waals surface area contributed by atoms with E-state index in [0.29, 0.717) is 6.92 Å². The molecule has 1 aromatic carbocycles. The summed E-state index contributed by atoms with van der Waals surface area (Å²) in [7, 11) is -1.66. The molecule has 1 aromatic rings. The van der Waals surface area contributed by atoms with E-state index in [1.165, 1.54) is 63.4 Å². The summed E-state index contributed by atoms with van der Waals surface area (Å²) in [5, 5.41) is -0.0340. The maximum absolute atomic E-state index is 7.31. The van der Waals surface area contributed by atoms with Gasteiger partial charge >= 0.3 is 0 Å². The molecule has 0 aliphatic carbocycles. The third-order valence-corrected chi connectivity index (χ3v) is 11.2. The molecule has 2 fully saturated rings. The zero-order valence-corrected chi connectivity index (χ0v) is 20.5. The second kappa shape index (κ2) is 10.0. The van der Waals surface area contributed by atoms with E-state index in [-0.39, 0.29) is 11.1 Å². The molecule has 0 aromatic heterocycles. The van der Waals surface area contributed by atoms with E-state index in [1.54, 1.807) is 0 Å². The zero-order chi connectivity index (χ0) is 20.9. The fourth-order valence-corrected chi connectivity index (χ4v) is 9.20. The minimum absolute atomic E-state index is 0.0340. The highest BCUT2D eigenvalue weighted by molar-refractivity contribution is 6.79. The van der Waals surface area contributed by atoms with Gasteiger partial charge in [-0.05, 0) is 23.6 Å². The van der Waals surface area contributed by atoms with Gasteiger partial charge in [0.05, 0.1) is 14.2 Å². The summed E-state index contributed by atoms with van der Waals surface area (Å²) in [4.78, 5) is 0. The SMILES string of the molecule is C=C[C@](c1ccccc1)([C@H](CCCCC)OB1C2CCCC1CCC2)[Si](C)(C)C. The van der Waals surface area contributed by atoms with Crippen molar-refractivity contribution in [2.45, 2.75) is 114 Å². The van der Waals surface area contributed by atoms with Crippen molar-refractivity contribution >= 4 is 15.0 Å². The molecule has 0 unspecified atom stereocenters. The summed E-state index contributed by atoms with van der Waals surface area (Å²) in [5.41, 5.74) is 1.43. The smallest absolute Gasteiger partial charge is 0.299 e. The van der Waals surface area contributed by atoms with Crippen LogP contribution in [0.25, 0.3) is 0 Å². The van der Waals surface area contributed by atoms with Gasteiger partial charge in [-0.2, -0.15) is 0 Å². The number of hydrogen-bond acceptors (Lipinski definition) is 1. The molecule has 3 heteroatoms. The molecule has 2 atom stereocenters. The summed E-state index contributed by atoms with van der Waals surface area (Å²) in [6.45, 7) is 14.8. The Bertz CT molecular complexity index is 618. The summed E-state index contributed by atoms with van der Waals surface area (Å²) < 4.78 is 7.31. The van der Waals surface area contributed by atoms with Crippen molar-refractivity contribution in [3.63, 3.8) is 0 Å². The monoisotopic (exact) mass is 410 g/mol. The van der Waals surface area contributed by atoms with E-state index >= 15 is 0 Å². The number of benzene rings is 1. The predicted molar refractivity (Wildman–Crippen MR) is 132 cm³/mol. The van der Waals surface area contributed by atoms with Crippen LogP contribution in [0.2, 0.25) is 31.3 Å². The average Bonchev–Trinajstić information content (AvgIpc) is 2.68. The van der Waals surface area contributed by atoms with Crippen LogP contribution >= 0.6 is 0 Å². The largest absolute Gasteiger partial charge is 0.432 e. The Balaban J connectivity index is 1.98. The number of hydrogen-bond donors (Lipinski definition) is 0. The second-order valence-electron chi connectivity index (χ2n) is 10.7. The Morgan fingerprint density at radius 3 is 2.14 bits per heavy atom. The van der Waals surface area contributed by atoms with Crippen LogP contribution in [-0.2, 0) is 9.69 Å². The lowest BCUT2D eigenvalue weighted by atomic mass is 9.37. The standard InChI is InChI=1S/C26H43BOSi/c1-6-8-10-21-25(28-27-23-17-13-18-24(27)20-14-19-23)26(7-2,29(3,4)5)22-15-11-9-12-16-22/h7,9,11-12,15-16,23-25H,2,6,8,10,13-14,17-21H2,1,3-5H3/t23?,24?,25-,26-/m0/s1. The highest BCUT2D eigenvalue weighted by Gasteiger charge is 2.51. The lowest BCUT2D eigenvalue weighted by Gasteiger charge is -2.51. The van der Waals surface area contributed by atoms with Gasteiger partial charge in [0.1, 0.15) is 0 Å². The molecule has 2 aliphatic rings. The molecule has 2 aliphatic heterocycles. The van der Waals surface area contributed by atoms with Crippen molar-refractivity contribution in [1.29, 1.82) is 0 Å². The molecule has 2 saturated heterocycles. The Kier molecular flexibility index (Phi) is 7.89. The second-order valence-corrected chi connectivity index (χ2v) is 16.0.